The molecule has 7 heteroatoms. The highest BCUT2D eigenvalue weighted by atomic mass is 16.5. The van der Waals surface area contributed by atoms with E-state index in [-0.39, 0.29) is 30.2 Å². The fraction of sp³-hybridized carbons (Fsp3) is 0.650. The summed E-state index contributed by atoms with van der Waals surface area (Å²) in [5.41, 5.74) is 1.43. The zero-order valence-electron chi connectivity index (χ0n) is 17.9. The quantitative estimate of drug-likeness (QED) is 0.583. The van der Waals surface area contributed by atoms with Gasteiger partial charge in [-0.1, -0.05) is 0 Å². The molecule has 0 saturated carbocycles. The van der Waals surface area contributed by atoms with E-state index < -0.39 is 17.6 Å². The van der Waals surface area contributed by atoms with E-state index >= 15 is 0 Å². The van der Waals surface area contributed by atoms with Crippen molar-refractivity contribution in [2.75, 3.05) is 6.61 Å². The number of nitrogens with one attached hydrogen (secondary N) is 2. The summed E-state index contributed by atoms with van der Waals surface area (Å²) in [5, 5.41) is 2.91. The van der Waals surface area contributed by atoms with Crippen molar-refractivity contribution >= 4 is 17.8 Å². The fourth-order valence-corrected chi connectivity index (χ4v) is 3.11. The van der Waals surface area contributed by atoms with Crippen LogP contribution in [0.3, 0.4) is 0 Å². The first-order chi connectivity index (χ1) is 12.3. The van der Waals surface area contributed by atoms with Crippen LogP contribution >= 0.6 is 0 Å². The van der Waals surface area contributed by atoms with Gasteiger partial charge in [-0.05, 0) is 67.9 Å². The number of carbonyl (C=O) groups excluding carboxylic acids is 3. The van der Waals surface area contributed by atoms with E-state index in [1.165, 1.54) is 4.90 Å². The van der Waals surface area contributed by atoms with Crippen LogP contribution in [0.5, 0.6) is 0 Å². The lowest BCUT2D eigenvalue weighted by Gasteiger charge is -2.35. The minimum atomic E-state index is -0.685. The minimum absolute atomic E-state index is 0.171. The van der Waals surface area contributed by atoms with Gasteiger partial charge >= 0.3 is 12.0 Å². The zero-order valence-corrected chi connectivity index (χ0v) is 17.9. The molecule has 0 aromatic carbocycles. The third-order valence-electron chi connectivity index (χ3n) is 4.23. The van der Waals surface area contributed by atoms with E-state index in [0.29, 0.717) is 16.8 Å². The normalized spacial score (nSPS) is 12.7. The molecule has 0 aliphatic carbocycles. The van der Waals surface area contributed by atoms with Crippen molar-refractivity contribution in [1.29, 1.82) is 0 Å². The third kappa shape index (κ3) is 5.34. The molecule has 1 heterocycles. The number of H-pyrrole nitrogens is 1. The third-order valence-corrected chi connectivity index (χ3v) is 4.23. The second-order valence-corrected chi connectivity index (χ2v) is 8.07. The fourth-order valence-electron chi connectivity index (χ4n) is 3.11. The number of esters is 1. The number of ether oxygens (including phenoxy) is 1. The lowest BCUT2D eigenvalue weighted by atomic mass is 9.99. The van der Waals surface area contributed by atoms with Gasteiger partial charge in [-0.15, -0.1) is 0 Å². The number of ketones is 1. The number of urea groups is 1. The molecular weight excluding hydrogens is 346 g/mol. The standard InChI is InChI=1S/C20H33N3O4/c1-10-27-18(25)16-12(4)15(13(5)21-16)17(24)14(6)23(11(2)3)19(26)22-20(7,8)9/h11,14,21H,10H2,1-9H3,(H,22,26). The molecule has 0 spiro atoms. The topological polar surface area (TPSA) is 91.5 Å². The molecule has 152 valence electrons. The summed E-state index contributed by atoms with van der Waals surface area (Å²) in [5.74, 6) is -0.703. The molecule has 1 aromatic rings. The Morgan fingerprint density at radius 2 is 1.70 bits per heavy atom. The molecule has 2 amide bonds. The van der Waals surface area contributed by atoms with Crippen LogP contribution in [-0.2, 0) is 4.74 Å². The predicted octanol–water partition coefficient (Wildman–Crippen LogP) is 3.60. The highest BCUT2D eigenvalue weighted by Gasteiger charge is 2.33. The van der Waals surface area contributed by atoms with E-state index in [4.69, 9.17) is 4.74 Å². The Labute approximate surface area is 161 Å². The van der Waals surface area contributed by atoms with Crippen LogP contribution in [0.4, 0.5) is 4.79 Å². The Kier molecular flexibility index (Phi) is 7.23. The molecule has 0 aliphatic heterocycles. The van der Waals surface area contributed by atoms with Crippen molar-refractivity contribution in [3.8, 4) is 0 Å². The molecule has 1 rings (SSSR count). The Morgan fingerprint density at radius 1 is 1.15 bits per heavy atom. The average Bonchev–Trinajstić information content (AvgIpc) is 2.79. The first-order valence-electron chi connectivity index (χ1n) is 9.32. The summed E-state index contributed by atoms with van der Waals surface area (Å²) in [7, 11) is 0. The second-order valence-electron chi connectivity index (χ2n) is 8.07. The SMILES string of the molecule is CCOC(=O)c1[nH]c(C)c(C(=O)C(C)N(C(=O)NC(C)(C)C)C(C)C)c1C. The van der Waals surface area contributed by atoms with Gasteiger partial charge in [0, 0.05) is 22.8 Å². The number of aromatic amines is 1. The van der Waals surface area contributed by atoms with Crippen molar-refractivity contribution in [1.82, 2.24) is 15.2 Å². The molecule has 27 heavy (non-hydrogen) atoms. The molecule has 1 atom stereocenters. The monoisotopic (exact) mass is 379 g/mol. The van der Waals surface area contributed by atoms with Crippen molar-refractivity contribution in [3.05, 3.63) is 22.5 Å². The zero-order chi connectivity index (χ0) is 21.1. The molecule has 0 saturated heterocycles. The number of aryl methyl sites for hydroxylation is 1. The number of Topliss-reactive ketones (excluding diaryl/α,β-unsaturated/α-hetero) is 1. The van der Waals surface area contributed by atoms with Crippen LogP contribution in [-0.4, -0.2) is 51.9 Å². The lowest BCUT2D eigenvalue weighted by molar-refractivity contribution is 0.0519. The molecule has 0 bridgehead atoms. The molecule has 1 unspecified atom stereocenters. The van der Waals surface area contributed by atoms with Gasteiger partial charge in [0.25, 0.3) is 0 Å². The molecular formula is C20H33N3O4. The first-order valence-corrected chi connectivity index (χ1v) is 9.32. The van der Waals surface area contributed by atoms with Crippen LogP contribution < -0.4 is 5.32 Å². The molecule has 1 aromatic heterocycles. The van der Waals surface area contributed by atoms with Crippen molar-refractivity contribution in [2.24, 2.45) is 0 Å². The van der Waals surface area contributed by atoms with E-state index in [2.05, 4.69) is 10.3 Å². The van der Waals surface area contributed by atoms with E-state index in [9.17, 15) is 14.4 Å². The summed E-state index contributed by atoms with van der Waals surface area (Å²) < 4.78 is 5.04. The van der Waals surface area contributed by atoms with Gasteiger partial charge in [-0.25, -0.2) is 9.59 Å². The summed E-state index contributed by atoms with van der Waals surface area (Å²) >= 11 is 0. The van der Waals surface area contributed by atoms with Crippen molar-refractivity contribution in [2.45, 2.75) is 79.9 Å². The lowest BCUT2D eigenvalue weighted by Crippen LogP contribution is -2.55. The van der Waals surface area contributed by atoms with Crippen LogP contribution in [0.15, 0.2) is 0 Å². The molecule has 0 fully saturated rings. The highest BCUT2D eigenvalue weighted by molar-refractivity contribution is 6.06. The van der Waals surface area contributed by atoms with E-state index in [1.54, 1.807) is 27.7 Å². The van der Waals surface area contributed by atoms with Crippen LogP contribution in [0.1, 0.15) is 80.6 Å². The number of hydrogen-bond donors (Lipinski definition) is 2. The Bertz CT molecular complexity index is 714. The summed E-state index contributed by atoms with van der Waals surface area (Å²) in [4.78, 5) is 42.5. The number of carbonyl (C=O) groups is 3. The Hall–Kier alpha value is -2.31. The van der Waals surface area contributed by atoms with E-state index in [1.807, 2.05) is 34.6 Å². The van der Waals surface area contributed by atoms with Crippen LogP contribution in [0, 0.1) is 13.8 Å². The van der Waals surface area contributed by atoms with Crippen molar-refractivity contribution in [3.63, 3.8) is 0 Å². The molecule has 7 nitrogen and oxygen atoms in total. The van der Waals surface area contributed by atoms with E-state index in [0.717, 1.165) is 0 Å². The number of nitrogens with zero attached hydrogens (tertiary/aromatic N) is 1. The average molecular weight is 380 g/mol. The highest BCUT2D eigenvalue weighted by Crippen LogP contribution is 2.23. The summed E-state index contributed by atoms with van der Waals surface area (Å²) in [6, 6.07) is -1.15. The van der Waals surface area contributed by atoms with Crippen LogP contribution in [0.25, 0.3) is 0 Å². The molecule has 0 aliphatic rings. The predicted molar refractivity (Wildman–Crippen MR) is 105 cm³/mol. The second kappa shape index (κ2) is 8.59. The summed E-state index contributed by atoms with van der Waals surface area (Å²) in [6.45, 7) is 16.6. The Balaban J connectivity index is 3.23. The van der Waals surface area contributed by atoms with Gasteiger partial charge in [-0.2, -0.15) is 0 Å². The largest absolute Gasteiger partial charge is 0.461 e. The van der Waals surface area contributed by atoms with Crippen molar-refractivity contribution < 1.29 is 19.1 Å². The minimum Gasteiger partial charge on any atom is -0.461 e. The van der Waals surface area contributed by atoms with Gasteiger partial charge in [-0.3, -0.25) is 4.79 Å². The molecule has 0 radical (unpaired) electrons. The number of hydrogen-bond acceptors (Lipinski definition) is 4. The van der Waals surface area contributed by atoms with Crippen LogP contribution in [0.2, 0.25) is 0 Å². The van der Waals surface area contributed by atoms with Gasteiger partial charge in [0.05, 0.1) is 12.6 Å². The maximum absolute atomic E-state index is 13.2. The van der Waals surface area contributed by atoms with Gasteiger partial charge < -0.3 is 19.9 Å². The van der Waals surface area contributed by atoms with Gasteiger partial charge in [0.2, 0.25) is 0 Å². The maximum atomic E-state index is 13.2. The first kappa shape index (κ1) is 22.7. The maximum Gasteiger partial charge on any atom is 0.355 e. The Morgan fingerprint density at radius 3 is 2.15 bits per heavy atom. The number of rotatable bonds is 6. The van der Waals surface area contributed by atoms with Gasteiger partial charge in [0.15, 0.2) is 5.78 Å². The van der Waals surface area contributed by atoms with Gasteiger partial charge in [0.1, 0.15) is 5.69 Å². The number of amides is 2. The smallest absolute Gasteiger partial charge is 0.355 e. The number of aromatic nitrogens is 1. The molecule has 2 N–H and O–H groups in total. The summed E-state index contributed by atoms with van der Waals surface area (Å²) in [6.07, 6.45) is 0.